The minimum absolute atomic E-state index is 0.214. The Hall–Kier alpha value is -1.06. The number of carbonyl (C=O) groups is 2. The SMILES string of the molecule is CCOC(=O)OC(C)=O. The Kier molecular flexibility index (Phi) is 3.43. The Morgan fingerprint density at radius 3 is 2.33 bits per heavy atom. The smallest absolute Gasteiger partial charge is 0.434 e. The summed E-state index contributed by atoms with van der Waals surface area (Å²) in [6, 6.07) is 0. The molecular weight excluding hydrogens is 124 g/mol. The monoisotopic (exact) mass is 132 g/mol. The van der Waals surface area contributed by atoms with Crippen LogP contribution in [0.25, 0.3) is 0 Å². The summed E-state index contributed by atoms with van der Waals surface area (Å²) in [4.78, 5) is 20.2. The molecule has 0 heterocycles. The molecule has 0 spiro atoms. The van der Waals surface area contributed by atoms with Crippen molar-refractivity contribution in [3.05, 3.63) is 0 Å². The zero-order valence-electron chi connectivity index (χ0n) is 5.34. The summed E-state index contributed by atoms with van der Waals surface area (Å²) in [6.45, 7) is 2.98. The third-order valence-electron chi connectivity index (χ3n) is 0.489. The molecular formula is C5H8O4. The van der Waals surface area contributed by atoms with Gasteiger partial charge in [-0.15, -0.1) is 0 Å². The van der Waals surface area contributed by atoms with E-state index in [1.807, 2.05) is 0 Å². The van der Waals surface area contributed by atoms with Crippen LogP contribution in [0.15, 0.2) is 0 Å². The second-order valence-corrected chi connectivity index (χ2v) is 1.28. The summed E-state index contributed by atoms with van der Waals surface area (Å²) in [5.74, 6) is -0.659. The van der Waals surface area contributed by atoms with Gasteiger partial charge in [-0.25, -0.2) is 4.79 Å². The summed E-state index contributed by atoms with van der Waals surface area (Å²) in [5, 5.41) is 0. The summed E-state index contributed by atoms with van der Waals surface area (Å²) in [6.07, 6.45) is -0.940. The first kappa shape index (κ1) is 7.94. The average Bonchev–Trinajstić information content (AvgIpc) is 1.63. The Morgan fingerprint density at radius 2 is 2.00 bits per heavy atom. The predicted molar refractivity (Wildman–Crippen MR) is 28.8 cm³/mol. The minimum Gasteiger partial charge on any atom is -0.434 e. The van der Waals surface area contributed by atoms with E-state index in [-0.39, 0.29) is 6.61 Å². The van der Waals surface area contributed by atoms with Crippen LogP contribution in [0.1, 0.15) is 13.8 Å². The highest BCUT2D eigenvalue weighted by Crippen LogP contribution is 1.83. The van der Waals surface area contributed by atoms with Gasteiger partial charge in [-0.05, 0) is 6.92 Å². The Morgan fingerprint density at radius 1 is 1.44 bits per heavy atom. The van der Waals surface area contributed by atoms with Crippen molar-refractivity contribution in [1.29, 1.82) is 0 Å². The van der Waals surface area contributed by atoms with Crippen LogP contribution in [0.4, 0.5) is 4.79 Å². The molecule has 0 saturated heterocycles. The van der Waals surface area contributed by atoms with E-state index >= 15 is 0 Å². The topological polar surface area (TPSA) is 52.6 Å². The zero-order valence-corrected chi connectivity index (χ0v) is 5.34. The predicted octanol–water partition coefficient (Wildman–Crippen LogP) is 0.706. The third kappa shape index (κ3) is 4.80. The van der Waals surface area contributed by atoms with E-state index in [9.17, 15) is 9.59 Å². The van der Waals surface area contributed by atoms with Crippen molar-refractivity contribution in [3.8, 4) is 0 Å². The van der Waals surface area contributed by atoms with E-state index in [4.69, 9.17) is 0 Å². The lowest BCUT2D eigenvalue weighted by molar-refractivity contribution is -0.137. The van der Waals surface area contributed by atoms with Gasteiger partial charge in [0, 0.05) is 6.92 Å². The van der Waals surface area contributed by atoms with Crippen LogP contribution in [-0.4, -0.2) is 18.7 Å². The van der Waals surface area contributed by atoms with E-state index in [0.29, 0.717) is 0 Å². The summed E-state index contributed by atoms with van der Waals surface area (Å²) < 4.78 is 8.26. The molecule has 0 bridgehead atoms. The molecule has 0 aromatic rings. The van der Waals surface area contributed by atoms with Crippen molar-refractivity contribution in [2.45, 2.75) is 13.8 Å². The highest BCUT2D eigenvalue weighted by molar-refractivity contribution is 5.79. The maximum Gasteiger partial charge on any atom is 0.516 e. The van der Waals surface area contributed by atoms with Gasteiger partial charge in [-0.2, -0.15) is 0 Å². The van der Waals surface area contributed by atoms with Crippen LogP contribution in [0.2, 0.25) is 0 Å². The van der Waals surface area contributed by atoms with Gasteiger partial charge in [0.25, 0.3) is 0 Å². The first-order valence-electron chi connectivity index (χ1n) is 2.52. The molecule has 0 unspecified atom stereocenters. The van der Waals surface area contributed by atoms with Crippen molar-refractivity contribution in [1.82, 2.24) is 0 Å². The fourth-order valence-corrected chi connectivity index (χ4v) is 0.265. The van der Waals surface area contributed by atoms with Crippen molar-refractivity contribution in [3.63, 3.8) is 0 Å². The molecule has 0 aromatic carbocycles. The van der Waals surface area contributed by atoms with Crippen LogP contribution in [0, 0.1) is 0 Å². The molecule has 0 N–H and O–H groups in total. The Labute approximate surface area is 52.7 Å². The van der Waals surface area contributed by atoms with Crippen molar-refractivity contribution in [2.75, 3.05) is 6.61 Å². The van der Waals surface area contributed by atoms with Gasteiger partial charge in [0.2, 0.25) is 0 Å². The normalized spacial score (nSPS) is 8.22. The first-order chi connectivity index (χ1) is 4.16. The number of ether oxygens (including phenoxy) is 2. The molecule has 9 heavy (non-hydrogen) atoms. The molecule has 4 nitrogen and oxygen atoms in total. The molecule has 0 rings (SSSR count). The highest BCUT2D eigenvalue weighted by Gasteiger charge is 2.03. The minimum atomic E-state index is -0.940. The van der Waals surface area contributed by atoms with Crippen LogP contribution in [0.5, 0.6) is 0 Å². The fourth-order valence-electron chi connectivity index (χ4n) is 0.265. The van der Waals surface area contributed by atoms with Gasteiger partial charge in [0.05, 0.1) is 6.61 Å². The first-order valence-corrected chi connectivity index (χ1v) is 2.52. The maximum atomic E-state index is 10.2. The number of carbonyl (C=O) groups excluding carboxylic acids is 2. The third-order valence-corrected chi connectivity index (χ3v) is 0.489. The lowest BCUT2D eigenvalue weighted by atomic mass is 10.8. The standard InChI is InChI=1S/C5H8O4/c1-3-8-5(7)9-4(2)6/h3H2,1-2H3. The second kappa shape index (κ2) is 3.88. The van der Waals surface area contributed by atoms with Gasteiger partial charge in [0.15, 0.2) is 0 Å². The molecule has 0 atom stereocenters. The van der Waals surface area contributed by atoms with Gasteiger partial charge in [-0.1, -0.05) is 0 Å². The van der Waals surface area contributed by atoms with E-state index < -0.39 is 12.1 Å². The number of hydrogen-bond acceptors (Lipinski definition) is 4. The molecule has 0 saturated carbocycles. The van der Waals surface area contributed by atoms with Gasteiger partial charge in [0.1, 0.15) is 0 Å². The van der Waals surface area contributed by atoms with Crippen LogP contribution in [0.3, 0.4) is 0 Å². The molecule has 0 aliphatic heterocycles. The lowest BCUT2D eigenvalue weighted by Crippen LogP contribution is -2.10. The van der Waals surface area contributed by atoms with Crippen molar-refractivity contribution >= 4 is 12.1 Å². The quantitative estimate of drug-likeness (QED) is 0.389. The summed E-state index contributed by atoms with van der Waals surface area (Å²) in [5.41, 5.74) is 0. The molecule has 0 aromatic heterocycles. The highest BCUT2D eigenvalue weighted by atomic mass is 16.7. The summed E-state index contributed by atoms with van der Waals surface area (Å²) >= 11 is 0. The number of rotatable bonds is 1. The van der Waals surface area contributed by atoms with Crippen molar-refractivity contribution < 1.29 is 19.1 Å². The summed E-state index contributed by atoms with van der Waals surface area (Å²) in [7, 11) is 0. The molecule has 0 radical (unpaired) electrons. The van der Waals surface area contributed by atoms with E-state index in [2.05, 4.69) is 9.47 Å². The molecule has 4 heteroatoms. The van der Waals surface area contributed by atoms with E-state index in [0.717, 1.165) is 6.92 Å². The van der Waals surface area contributed by atoms with Gasteiger partial charge in [-0.3, -0.25) is 4.79 Å². The Balaban J connectivity index is 3.39. The lowest BCUT2D eigenvalue weighted by Gasteiger charge is -1.97. The van der Waals surface area contributed by atoms with E-state index in [1.54, 1.807) is 6.92 Å². The molecule has 0 amide bonds. The van der Waals surface area contributed by atoms with Crippen molar-refractivity contribution in [2.24, 2.45) is 0 Å². The van der Waals surface area contributed by atoms with Gasteiger partial charge >= 0.3 is 12.1 Å². The maximum absolute atomic E-state index is 10.2. The molecule has 0 aliphatic carbocycles. The Bertz CT molecular complexity index is 118. The molecule has 0 fully saturated rings. The number of esters is 1. The van der Waals surface area contributed by atoms with Crippen LogP contribution >= 0.6 is 0 Å². The zero-order chi connectivity index (χ0) is 7.28. The average molecular weight is 132 g/mol. The fraction of sp³-hybridized carbons (Fsp3) is 0.600. The largest absolute Gasteiger partial charge is 0.516 e. The second-order valence-electron chi connectivity index (χ2n) is 1.28. The van der Waals surface area contributed by atoms with Gasteiger partial charge < -0.3 is 9.47 Å². The molecule has 52 valence electrons. The van der Waals surface area contributed by atoms with Crippen LogP contribution < -0.4 is 0 Å². The van der Waals surface area contributed by atoms with E-state index in [1.165, 1.54) is 0 Å². The van der Waals surface area contributed by atoms with Crippen LogP contribution in [-0.2, 0) is 14.3 Å². The number of hydrogen-bond donors (Lipinski definition) is 0. The molecule has 0 aliphatic rings.